The first-order valence-electron chi connectivity index (χ1n) is 9.44. The topological polar surface area (TPSA) is 90.1 Å². The quantitative estimate of drug-likeness (QED) is 0.773. The zero-order chi connectivity index (χ0) is 19.4. The Morgan fingerprint density at radius 2 is 2.15 bits per heavy atom. The summed E-state index contributed by atoms with van der Waals surface area (Å²) in [5.41, 5.74) is 4.39. The van der Waals surface area contributed by atoms with Gasteiger partial charge in [-0.2, -0.15) is 5.10 Å². The maximum atomic E-state index is 13.1. The van der Waals surface area contributed by atoms with Crippen molar-refractivity contribution < 1.29 is 9.59 Å². The molecular formula is C20H27N5O2. The van der Waals surface area contributed by atoms with Gasteiger partial charge in [0.05, 0.1) is 17.6 Å². The number of carbonyl (C=O) groups excluding carboxylic acids is 2. The van der Waals surface area contributed by atoms with Crippen molar-refractivity contribution in [2.75, 3.05) is 25.0 Å². The van der Waals surface area contributed by atoms with Crippen molar-refractivity contribution in [3.8, 4) is 0 Å². The molecule has 1 aliphatic heterocycles. The number of amides is 3. The van der Waals surface area contributed by atoms with Crippen molar-refractivity contribution in [2.45, 2.75) is 39.5 Å². The molecule has 0 spiro atoms. The Morgan fingerprint density at radius 3 is 2.93 bits per heavy atom. The van der Waals surface area contributed by atoms with E-state index in [1.807, 2.05) is 43.9 Å². The van der Waals surface area contributed by atoms with E-state index in [2.05, 4.69) is 20.8 Å². The van der Waals surface area contributed by atoms with Crippen molar-refractivity contribution in [2.24, 2.45) is 0 Å². The van der Waals surface area contributed by atoms with Gasteiger partial charge in [-0.1, -0.05) is 17.7 Å². The molecule has 1 aliphatic rings. The number of hydrogen-bond donors (Lipinski definition) is 3. The molecule has 3 rings (SSSR count). The lowest BCUT2D eigenvalue weighted by Crippen LogP contribution is -2.39. The van der Waals surface area contributed by atoms with Gasteiger partial charge in [-0.15, -0.1) is 0 Å². The molecule has 144 valence electrons. The molecule has 2 heterocycles. The molecule has 0 radical (unpaired) electrons. The number of aryl methyl sites for hydroxylation is 2. The number of aromatic nitrogens is 2. The summed E-state index contributed by atoms with van der Waals surface area (Å²) in [6.07, 6.45) is 3.49. The zero-order valence-electron chi connectivity index (χ0n) is 16.1. The summed E-state index contributed by atoms with van der Waals surface area (Å²) in [6.45, 7) is 7.75. The van der Waals surface area contributed by atoms with Crippen LogP contribution in [-0.4, -0.2) is 46.7 Å². The Morgan fingerprint density at radius 1 is 1.33 bits per heavy atom. The first-order chi connectivity index (χ1) is 13.0. The molecule has 1 saturated heterocycles. The molecule has 0 saturated carbocycles. The van der Waals surface area contributed by atoms with Crippen molar-refractivity contribution >= 4 is 17.6 Å². The average Bonchev–Trinajstić information content (AvgIpc) is 3.11. The molecule has 1 fully saturated rings. The number of carbonyl (C=O) groups is 2. The number of nitrogens with one attached hydrogen (secondary N) is 3. The van der Waals surface area contributed by atoms with Crippen molar-refractivity contribution in [3.63, 3.8) is 0 Å². The second-order valence-corrected chi connectivity index (χ2v) is 7.09. The van der Waals surface area contributed by atoms with Gasteiger partial charge in [-0.25, -0.2) is 4.79 Å². The van der Waals surface area contributed by atoms with E-state index in [-0.39, 0.29) is 17.9 Å². The molecule has 0 unspecified atom stereocenters. The third-order valence-electron chi connectivity index (χ3n) is 4.99. The second kappa shape index (κ2) is 8.24. The highest BCUT2D eigenvalue weighted by atomic mass is 16.2. The van der Waals surface area contributed by atoms with E-state index in [4.69, 9.17) is 0 Å². The molecule has 1 atom stereocenters. The SMILES string of the molecule is CCNC(=O)Nc1cn[nH]c1[C@H]1CCCN(C(=O)c2cc(C)ccc2C)C1. The number of benzene rings is 1. The lowest BCUT2D eigenvalue weighted by molar-refractivity contribution is 0.0705. The molecule has 1 aromatic carbocycles. The van der Waals surface area contributed by atoms with E-state index in [0.29, 0.717) is 18.8 Å². The summed E-state index contributed by atoms with van der Waals surface area (Å²) in [6, 6.07) is 5.72. The third-order valence-corrected chi connectivity index (χ3v) is 4.99. The number of H-pyrrole nitrogens is 1. The minimum absolute atomic E-state index is 0.0682. The standard InChI is InChI=1S/C20H27N5O2/c1-4-21-20(27)23-17-11-22-24-18(17)15-6-5-9-25(12-15)19(26)16-10-13(2)7-8-14(16)3/h7-8,10-11,15H,4-6,9,12H2,1-3H3,(H,22,24)(H2,21,23,27)/t15-/m0/s1. The van der Waals surface area contributed by atoms with Crippen LogP contribution in [-0.2, 0) is 0 Å². The van der Waals surface area contributed by atoms with E-state index in [1.165, 1.54) is 0 Å². The fourth-order valence-electron chi connectivity index (χ4n) is 3.57. The summed E-state index contributed by atoms with van der Waals surface area (Å²) < 4.78 is 0. The molecule has 3 amide bonds. The predicted molar refractivity (Wildman–Crippen MR) is 105 cm³/mol. The molecule has 1 aromatic heterocycles. The lowest BCUT2D eigenvalue weighted by Gasteiger charge is -2.33. The van der Waals surface area contributed by atoms with Gasteiger partial charge in [-0.3, -0.25) is 9.89 Å². The number of rotatable bonds is 4. The number of likely N-dealkylation sites (tertiary alicyclic amines) is 1. The molecule has 3 N–H and O–H groups in total. The van der Waals surface area contributed by atoms with Crippen LogP contribution < -0.4 is 10.6 Å². The first kappa shape index (κ1) is 18.9. The van der Waals surface area contributed by atoms with Crippen LogP contribution in [0.3, 0.4) is 0 Å². The Kier molecular flexibility index (Phi) is 5.78. The van der Waals surface area contributed by atoms with E-state index in [9.17, 15) is 9.59 Å². The maximum Gasteiger partial charge on any atom is 0.319 e. The smallest absolute Gasteiger partial charge is 0.319 e. The second-order valence-electron chi connectivity index (χ2n) is 7.09. The Bertz CT molecular complexity index is 830. The molecule has 2 aromatic rings. The molecular weight excluding hydrogens is 342 g/mol. The van der Waals surface area contributed by atoms with Crippen molar-refractivity contribution in [1.29, 1.82) is 0 Å². The number of hydrogen-bond acceptors (Lipinski definition) is 3. The summed E-state index contributed by atoms with van der Waals surface area (Å²) in [5, 5.41) is 12.7. The maximum absolute atomic E-state index is 13.1. The number of anilines is 1. The average molecular weight is 369 g/mol. The molecule has 27 heavy (non-hydrogen) atoms. The summed E-state index contributed by atoms with van der Waals surface area (Å²) in [4.78, 5) is 26.8. The first-order valence-corrected chi connectivity index (χ1v) is 9.44. The van der Waals surface area contributed by atoms with Gasteiger partial charge < -0.3 is 15.5 Å². The lowest BCUT2D eigenvalue weighted by atomic mass is 9.93. The van der Waals surface area contributed by atoms with Gasteiger partial charge in [0.1, 0.15) is 0 Å². The van der Waals surface area contributed by atoms with Gasteiger partial charge in [0.25, 0.3) is 5.91 Å². The Labute approximate surface area is 159 Å². The fraction of sp³-hybridized carbons (Fsp3) is 0.450. The number of aromatic amines is 1. The molecule has 0 bridgehead atoms. The molecule has 7 heteroatoms. The molecule has 0 aliphatic carbocycles. The van der Waals surface area contributed by atoms with Gasteiger partial charge in [0.2, 0.25) is 0 Å². The minimum atomic E-state index is -0.251. The van der Waals surface area contributed by atoms with Gasteiger partial charge in [-0.05, 0) is 45.2 Å². The van der Waals surface area contributed by atoms with E-state index in [0.717, 1.165) is 41.8 Å². The van der Waals surface area contributed by atoms with Gasteiger partial charge in [0.15, 0.2) is 0 Å². The van der Waals surface area contributed by atoms with Crippen LogP contribution in [0.5, 0.6) is 0 Å². The van der Waals surface area contributed by atoms with Crippen LogP contribution >= 0.6 is 0 Å². The number of nitrogens with zero attached hydrogens (tertiary/aromatic N) is 2. The van der Waals surface area contributed by atoms with E-state index in [1.54, 1.807) is 6.20 Å². The summed E-state index contributed by atoms with van der Waals surface area (Å²) in [5.74, 6) is 0.186. The Hall–Kier alpha value is -2.83. The highest BCUT2D eigenvalue weighted by molar-refractivity contribution is 5.96. The van der Waals surface area contributed by atoms with Crippen molar-refractivity contribution in [3.05, 3.63) is 46.8 Å². The van der Waals surface area contributed by atoms with Crippen LogP contribution in [0.1, 0.15) is 52.9 Å². The van der Waals surface area contributed by atoms with Crippen LogP contribution in [0.2, 0.25) is 0 Å². The predicted octanol–water partition coefficient (Wildman–Crippen LogP) is 3.19. The summed E-state index contributed by atoms with van der Waals surface area (Å²) >= 11 is 0. The van der Waals surface area contributed by atoms with Crippen LogP contribution in [0.25, 0.3) is 0 Å². The zero-order valence-corrected chi connectivity index (χ0v) is 16.1. The molecule has 7 nitrogen and oxygen atoms in total. The monoisotopic (exact) mass is 369 g/mol. The Balaban J connectivity index is 1.75. The van der Waals surface area contributed by atoms with Crippen LogP contribution in [0.4, 0.5) is 10.5 Å². The van der Waals surface area contributed by atoms with Crippen LogP contribution in [0, 0.1) is 13.8 Å². The number of urea groups is 1. The van der Waals surface area contributed by atoms with Gasteiger partial charge in [0, 0.05) is 31.1 Å². The van der Waals surface area contributed by atoms with Gasteiger partial charge >= 0.3 is 6.03 Å². The van der Waals surface area contributed by atoms with E-state index >= 15 is 0 Å². The third kappa shape index (κ3) is 4.30. The van der Waals surface area contributed by atoms with Crippen LogP contribution in [0.15, 0.2) is 24.4 Å². The highest BCUT2D eigenvalue weighted by Gasteiger charge is 2.29. The minimum Gasteiger partial charge on any atom is -0.338 e. The normalized spacial score (nSPS) is 16.9. The largest absolute Gasteiger partial charge is 0.338 e. The highest BCUT2D eigenvalue weighted by Crippen LogP contribution is 2.31. The van der Waals surface area contributed by atoms with Crippen molar-refractivity contribution in [1.82, 2.24) is 20.4 Å². The van der Waals surface area contributed by atoms with E-state index < -0.39 is 0 Å². The fourth-order valence-corrected chi connectivity index (χ4v) is 3.57. The summed E-state index contributed by atoms with van der Waals surface area (Å²) in [7, 11) is 0. The number of piperidine rings is 1.